The largest absolute Gasteiger partial charge is 0.382 e. The Hall–Kier alpha value is -0.510. The fourth-order valence-corrected chi connectivity index (χ4v) is 2.59. The normalized spacial score (nSPS) is 11.0. The van der Waals surface area contributed by atoms with Gasteiger partial charge in [0.1, 0.15) is 0 Å². The number of aliphatic imine (C=N–C) groups is 1. The Morgan fingerprint density at radius 3 is 2.62 bits per heavy atom. The van der Waals surface area contributed by atoms with Gasteiger partial charge in [-0.25, -0.2) is 0 Å². The summed E-state index contributed by atoms with van der Waals surface area (Å²) in [5.74, 6) is 1.88. The van der Waals surface area contributed by atoms with Crippen LogP contribution >= 0.6 is 35.7 Å². The van der Waals surface area contributed by atoms with Gasteiger partial charge in [0.25, 0.3) is 0 Å². The fourth-order valence-electron chi connectivity index (χ4n) is 1.80. The van der Waals surface area contributed by atoms with E-state index < -0.39 is 0 Å². The predicted molar refractivity (Wildman–Crippen MR) is 114 cm³/mol. The molecule has 24 heavy (non-hydrogen) atoms. The zero-order valence-corrected chi connectivity index (χ0v) is 17.8. The Morgan fingerprint density at radius 1 is 1.12 bits per heavy atom. The number of benzene rings is 1. The van der Waals surface area contributed by atoms with Crippen LogP contribution in [0.3, 0.4) is 0 Å². The number of hydrogen-bond acceptors (Lipinski definition) is 4. The van der Waals surface area contributed by atoms with Gasteiger partial charge in [0, 0.05) is 44.0 Å². The third kappa shape index (κ3) is 12.9. The number of rotatable bonds is 12. The number of ether oxygens (including phenoxy) is 2. The lowest BCUT2D eigenvalue weighted by atomic mass is 10.4. The quantitative estimate of drug-likeness (QED) is 0.163. The van der Waals surface area contributed by atoms with Crippen molar-refractivity contribution in [3.63, 3.8) is 0 Å². The van der Waals surface area contributed by atoms with Crippen LogP contribution in [0, 0.1) is 0 Å². The number of halogens is 1. The Bertz CT molecular complexity index is 422. The monoisotopic (exact) mass is 467 g/mol. The lowest BCUT2D eigenvalue weighted by Gasteiger charge is -2.11. The van der Waals surface area contributed by atoms with E-state index in [9.17, 15) is 0 Å². The maximum absolute atomic E-state index is 5.42. The first-order valence-electron chi connectivity index (χ1n) is 8.13. The molecule has 1 rings (SSSR count). The summed E-state index contributed by atoms with van der Waals surface area (Å²) in [5, 5.41) is 6.62. The van der Waals surface area contributed by atoms with Crippen LogP contribution in [-0.4, -0.2) is 58.3 Å². The molecule has 0 spiro atoms. The van der Waals surface area contributed by atoms with Gasteiger partial charge in [0.15, 0.2) is 5.96 Å². The second-order valence-corrected chi connectivity index (χ2v) is 5.98. The molecule has 0 radical (unpaired) electrons. The SMILES string of the molecule is CCNC(=NCCCOCCOC)NCCSc1ccccc1.I. The molecule has 0 saturated carbocycles. The summed E-state index contributed by atoms with van der Waals surface area (Å²) in [4.78, 5) is 5.85. The van der Waals surface area contributed by atoms with E-state index in [0.717, 1.165) is 44.4 Å². The minimum Gasteiger partial charge on any atom is -0.382 e. The highest BCUT2D eigenvalue weighted by Gasteiger charge is 1.97. The first kappa shape index (κ1) is 23.5. The summed E-state index contributed by atoms with van der Waals surface area (Å²) in [5.41, 5.74) is 0. The number of methoxy groups -OCH3 is 1. The summed E-state index contributed by atoms with van der Waals surface area (Å²) in [6, 6.07) is 10.4. The van der Waals surface area contributed by atoms with Crippen molar-refractivity contribution >= 4 is 41.7 Å². The fraction of sp³-hybridized carbons (Fsp3) is 0.588. The van der Waals surface area contributed by atoms with Gasteiger partial charge in [-0.05, 0) is 25.5 Å². The highest BCUT2D eigenvalue weighted by atomic mass is 127. The molecule has 0 aliphatic heterocycles. The molecule has 2 N–H and O–H groups in total. The minimum absolute atomic E-state index is 0. The maximum atomic E-state index is 5.42. The number of nitrogens with zero attached hydrogens (tertiary/aromatic N) is 1. The molecule has 1 aromatic carbocycles. The molecule has 1 aromatic rings. The lowest BCUT2D eigenvalue weighted by molar-refractivity contribution is 0.0702. The third-order valence-corrected chi connectivity index (χ3v) is 3.91. The van der Waals surface area contributed by atoms with E-state index in [-0.39, 0.29) is 24.0 Å². The summed E-state index contributed by atoms with van der Waals surface area (Å²) in [7, 11) is 1.68. The maximum Gasteiger partial charge on any atom is 0.191 e. The first-order valence-corrected chi connectivity index (χ1v) is 9.12. The van der Waals surface area contributed by atoms with Gasteiger partial charge < -0.3 is 20.1 Å². The molecular weight excluding hydrogens is 437 g/mol. The number of hydrogen-bond donors (Lipinski definition) is 2. The van der Waals surface area contributed by atoms with Crippen LogP contribution in [0.25, 0.3) is 0 Å². The van der Waals surface area contributed by atoms with E-state index in [1.807, 2.05) is 17.8 Å². The van der Waals surface area contributed by atoms with Gasteiger partial charge in [-0.2, -0.15) is 0 Å². The highest BCUT2D eigenvalue weighted by Crippen LogP contribution is 2.15. The molecular formula is C17H30IN3O2S. The second kappa shape index (κ2) is 17.3. The summed E-state index contributed by atoms with van der Waals surface area (Å²) < 4.78 is 10.4. The van der Waals surface area contributed by atoms with Crippen LogP contribution in [0.15, 0.2) is 40.2 Å². The van der Waals surface area contributed by atoms with Crippen LogP contribution in [0.5, 0.6) is 0 Å². The molecule has 0 aromatic heterocycles. The van der Waals surface area contributed by atoms with Crippen molar-refractivity contribution in [3.8, 4) is 0 Å². The van der Waals surface area contributed by atoms with E-state index in [2.05, 4.69) is 46.8 Å². The van der Waals surface area contributed by atoms with Crippen molar-refractivity contribution in [2.24, 2.45) is 4.99 Å². The van der Waals surface area contributed by atoms with E-state index in [4.69, 9.17) is 9.47 Å². The molecule has 0 atom stereocenters. The topological polar surface area (TPSA) is 54.9 Å². The molecule has 0 aliphatic carbocycles. The molecule has 7 heteroatoms. The highest BCUT2D eigenvalue weighted by molar-refractivity contribution is 14.0. The molecule has 0 amide bonds. The third-order valence-electron chi connectivity index (χ3n) is 2.90. The van der Waals surface area contributed by atoms with E-state index in [0.29, 0.717) is 13.2 Å². The molecule has 0 heterocycles. The van der Waals surface area contributed by atoms with Crippen molar-refractivity contribution in [3.05, 3.63) is 30.3 Å². The van der Waals surface area contributed by atoms with Crippen molar-refractivity contribution in [2.75, 3.05) is 52.3 Å². The molecule has 0 unspecified atom stereocenters. The average Bonchev–Trinajstić information content (AvgIpc) is 2.58. The van der Waals surface area contributed by atoms with Crippen molar-refractivity contribution in [1.29, 1.82) is 0 Å². The van der Waals surface area contributed by atoms with E-state index in [1.54, 1.807) is 7.11 Å². The zero-order chi connectivity index (χ0) is 16.6. The Morgan fingerprint density at radius 2 is 1.92 bits per heavy atom. The molecule has 0 fully saturated rings. The summed E-state index contributed by atoms with van der Waals surface area (Å²) in [6.45, 7) is 6.59. The summed E-state index contributed by atoms with van der Waals surface area (Å²) >= 11 is 1.84. The predicted octanol–water partition coefficient (Wildman–Crippen LogP) is 3.00. The smallest absolute Gasteiger partial charge is 0.191 e. The Balaban J connectivity index is 0.00000529. The van der Waals surface area contributed by atoms with Crippen molar-refractivity contribution in [2.45, 2.75) is 18.2 Å². The van der Waals surface area contributed by atoms with Crippen molar-refractivity contribution < 1.29 is 9.47 Å². The molecule has 0 saturated heterocycles. The number of nitrogens with one attached hydrogen (secondary N) is 2. The van der Waals surface area contributed by atoms with Gasteiger partial charge in [-0.3, -0.25) is 4.99 Å². The molecule has 0 bridgehead atoms. The van der Waals surface area contributed by atoms with Crippen molar-refractivity contribution in [1.82, 2.24) is 10.6 Å². The second-order valence-electron chi connectivity index (χ2n) is 4.81. The van der Waals surface area contributed by atoms with E-state index >= 15 is 0 Å². The first-order chi connectivity index (χ1) is 11.4. The number of guanidine groups is 1. The molecule has 0 aliphatic rings. The van der Waals surface area contributed by atoms with Gasteiger partial charge in [0.2, 0.25) is 0 Å². The van der Waals surface area contributed by atoms with Crippen LogP contribution in [0.4, 0.5) is 0 Å². The standard InChI is InChI=1S/C17H29N3O2S.HI/c1-3-18-17(19-10-7-12-22-14-13-21-2)20-11-15-23-16-8-5-4-6-9-16;/h4-6,8-9H,3,7,10-15H2,1-2H3,(H2,18,19,20);1H. The van der Waals surface area contributed by atoms with Crippen LogP contribution < -0.4 is 10.6 Å². The minimum atomic E-state index is 0. The molecule has 5 nitrogen and oxygen atoms in total. The van der Waals surface area contributed by atoms with Gasteiger partial charge in [-0.15, -0.1) is 35.7 Å². The Kier molecular flexibility index (Phi) is 16.9. The van der Waals surface area contributed by atoms with Crippen LogP contribution in [0.2, 0.25) is 0 Å². The van der Waals surface area contributed by atoms with Crippen LogP contribution in [0.1, 0.15) is 13.3 Å². The van der Waals surface area contributed by atoms with E-state index in [1.165, 1.54) is 4.90 Å². The molecule has 138 valence electrons. The Labute approximate surface area is 167 Å². The summed E-state index contributed by atoms with van der Waals surface area (Å²) in [6.07, 6.45) is 0.916. The lowest BCUT2D eigenvalue weighted by Crippen LogP contribution is -2.38. The van der Waals surface area contributed by atoms with Gasteiger partial charge >= 0.3 is 0 Å². The number of thioether (sulfide) groups is 1. The van der Waals surface area contributed by atoms with Gasteiger partial charge in [-0.1, -0.05) is 18.2 Å². The average molecular weight is 467 g/mol. The van der Waals surface area contributed by atoms with Gasteiger partial charge in [0.05, 0.1) is 13.2 Å². The zero-order valence-electron chi connectivity index (χ0n) is 14.6. The van der Waals surface area contributed by atoms with Crippen LogP contribution in [-0.2, 0) is 9.47 Å².